The van der Waals surface area contributed by atoms with E-state index in [0.29, 0.717) is 19.3 Å². The smallest absolute Gasteiger partial charge is 0.342 e. The number of hydrogen-bond acceptors (Lipinski definition) is 14. The number of carbonyl (C=O) groups is 2. The molecule has 4 aliphatic heterocycles. The molecule has 14 atom stereocenters. The molecular formula is C45H56O14. The Kier molecular flexibility index (Phi) is 10.5. The monoisotopic (exact) mass is 820 g/mol. The zero-order chi connectivity index (χ0) is 42.3. The number of epoxide rings is 1. The fraction of sp³-hybridized carbons (Fsp3) is 0.600. The first-order valence-electron chi connectivity index (χ1n) is 20.8. The van der Waals surface area contributed by atoms with Gasteiger partial charge in [-0.1, -0.05) is 108 Å². The number of phenols is 1. The van der Waals surface area contributed by atoms with Crippen molar-refractivity contribution in [3.05, 3.63) is 89.5 Å². The van der Waals surface area contributed by atoms with Crippen molar-refractivity contribution in [2.24, 2.45) is 23.7 Å². The number of aliphatic hydroxyl groups excluding tert-OH is 2. The van der Waals surface area contributed by atoms with Gasteiger partial charge in [-0.2, -0.15) is 0 Å². The van der Waals surface area contributed by atoms with Crippen molar-refractivity contribution in [2.75, 3.05) is 13.2 Å². The van der Waals surface area contributed by atoms with Gasteiger partial charge < -0.3 is 59.4 Å². The molecule has 9 rings (SSSR count). The molecule has 4 heterocycles. The summed E-state index contributed by atoms with van der Waals surface area (Å²) < 4.78 is 31.5. The lowest BCUT2D eigenvalue weighted by atomic mass is 9.52. The van der Waals surface area contributed by atoms with Crippen LogP contribution >= 0.6 is 0 Å². The van der Waals surface area contributed by atoms with Crippen molar-refractivity contribution in [3.8, 4) is 5.75 Å². The van der Waals surface area contributed by atoms with E-state index >= 15 is 0 Å². The average Bonchev–Trinajstić information content (AvgIpc) is 3.90. The summed E-state index contributed by atoms with van der Waals surface area (Å²) in [4.78, 5) is 27.3. The molecule has 1 spiro atoms. The SMILES string of the molecule is C=C1C=C2[C@]3(O)[C@H](O)[C@@]4(CO)O[C@H]4C4C[C@@](O)([C@@H]5OC(O)(c6ccccc6)O[C@@]24[C@@H]5C)[C@@](O)(COC(=O)c2ccccc2O)C[C@@H](C)CCCCCC[C@H](C)C(=O)O[C@@H]13. The highest BCUT2D eigenvalue weighted by atomic mass is 16.8. The van der Waals surface area contributed by atoms with E-state index < -0.39 is 108 Å². The first-order valence-corrected chi connectivity index (χ1v) is 20.8. The third-order valence-electron chi connectivity index (χ3n) is 14.4. The van der Waals surface area contributed by atoms with Crippen LogP contribution < -0.4 is 0 Å². The van der Waals surface area contributed by atoms with Gasteiger partial charge in [0.1, 0.15) is 52.5 Å². The zero-order valence-electron chi connectivity index (χ0n) is 33.7. The average molecular weight is 821 g/mol. The van der Waals surface area contributed by atoms with Gasteiger partial charge in [0, 0.05) is 23.0 Å². The minimum atomic E-state index is -2.69. The van der Waals surface area contributed by atoms with Crippen LogP contribution in [0.2, 0.25) is 0 Å². The van der Waals surface area contributed by atoms with Gasteiger partial charge in [0.2, 0.25) is 0 Å². The van der Waals surface area contributed by atoms with Gasteiger partial charge in [-0.05, 0) is 42.9 Å². The molecule has 2 unspecified atom stereocenters. The van der Waals surface area contributed by atoms with Crippen LogP contribution in [-0.4, -0.2) is 113 Å². The van der Waals surface area contributed by atoms with E-state index in [1.54, 1.807) is 44.2 Å². The first kappa shape index (κ1) is 42.0. The molecule has 3 aliphatic carbocycles. The van der Waals surface area contributed by atoms with E-state index in [9.17, 15) is 45.3 Å². The van der Waals surface area contributed by atoms with Crippen LogP contribution in [0.25, 0.3) is 0 Å². The molecule has 0 radical (unpaired) electrons. The van der Waals surface area contributed by atoms with E-state index in [4.69, 9.17) is 23.7 Å². The topological polar surface area (TPSA) is 225 Å². The van der Waals surface area contributed by atoms with Crippen molar-refractivity contribution in [3.63, 3.8) is 0 Å². The predicted molar refractivity (Wildman–Crippen MR) is 208 cm³/mol. The standard InChI is InChI=1S/C45H56O14/c1-25-14-8-5-6-9-15-26(2)37(48)56-34-27(3)20-33-43(34,53)39(50)41(23-46)36(57-41)31-22-42(52,40(51,21-25)24-55-38(49)30-18-12-13-19-32(30)47)35-28(4)44(31,33)59-45(54,58-35)29-16-10-7-11-17-29/h7,10-13,16-20,25-26,28,31,34-36,39,46-47,50-54H,3,5-6,8-9,14-15,21-24H2,1-2,4H3/t25-,26-,28+,31?,34-,35+,36-,39+,40-,41-,42+,43+,44+,45?/m0/s1. The van der Waals surface area contributed by atoms with Gasteiger partial charge in [0.15, 0.2) is 11.7 Å². The fourth-order valence-corrected chi connectivity index (χ4v) is 11.1. The number of carbonyl (C=O) groups excluding carboxylic acids is 2. The highest BCUT2D eigenvalue weighted by Crippen LogP contribution is 2.70. The number of aliphatic hydroxyl groups is 6. The maximum absolute atomic E-state index is 13.8. The van der Waals surface area contributed by atoms with Crippen molar-refractivity contribution < 1.29 is 69.0 Å². The lowest BCUT2D eigenvalue weighted by molar-refractivity contribution is -0.499. The molecule has 7 N–H and O–H groups in total. The Hall–Kier alpha value is -3.70. The quantitative estimate of drug-likeness (QED) is 0.170. The molecule has 2 saturated carbocycles. The number of ether oxygens (including phenoxy) is 5. The summed E-state index contributed by atoms with van der Waals surface area (Å²) in [6, 6.07) is 13.9. The van der Waals surface area contributed by atoms with Crippen LogP contribution in [-0.2, 0) is 34.5 Å². The Balaban J connectivity index is 1.34. The van der Waals surface area contributed by atoms with E-state index in [1.165, 1.54) is 30.3 Å². The maximum atomic E-state index is 13.8. The van der Waals surface area contributed by atoms with Gasteiger partial charge in [-0.3, -0.25) is 4.79 Å². The van der Waals surface area contributed by atoms with Crippen LogP contribution in [0.5, 0.6) is 5.75 Å². The summed E-state index contributed by atoms with van der Waals surface area (Å²) in [6.45, 7) is 7.87. The van der Waals surface area contributed by atoms with Crippen LogP contribution in [0.15, 0.2) is 78.4 Å². The molecule has 4 saturated heterocycles. The molecule has 0 aromatic heterocycles. The number of benzene rings is 2. The number of esters is 2. The van der Waals surface area contributed by atoms with Crippen LogP contribution in [0, 0.1) is 23.7 Å². The van der Waals surface area contributed by atoms with E-state index in [1.807, 2.05) is 6.92 Å². The van der Waals surface area contributed by atoms with E-state index in [2.05, 4.69) is 6.58 Å². The van der Waals surface area contributed by atoms with Crippen molar-refractivity contribution in [2.45, 2.75) is 131 Å². The predicted octanol–water partition coefficient (Wildman–Crippen LogP) is 3.28. The van der Waals surface area contributed by atoms with Gasteiger partial charge >= 0.3 is 17.9 Å². The second-order valence-corrected chi connectivity index (χ2v) is 18.1. The Morgan fingerprint density at radius 3 is 2.27 bits per heavy atom. The number of phenolic OH excluding ortho intramolecular Hbond substituents is 1. The summed E-state index contributed by atoms with van der Waals surface area (Å²) in [7, 11) is 0. The molecule has 14 heteroatoms. The van der Waals surface area contributed by atoms with Crippen molar-refractivity contribution >= 4 is 11.9 Å². The third kappa shape index (κ3) is 6.24. The van der Waals surface area contributed by atoms with Crippen molar-refractivity contribution in [1.29, 1.82) is 0 Å². The molecule has 7 bridgehead atoms. The highest BCUT2D eigenvalue weighted by Gasteiger charge is 2.85. The summed E-state index contributed by atoms with van der Waals surface area (Å²) >= 11 is 0. The number of para-hydroxylation sites is 1. The lowest BCUT2D eigenvalue weighted by Gasteiger charge is -2.66. The van der Waals surface area contributed by atoms with Gasteiger partial charge in [-0.15, -0.1) is 0 Å². The van der Waals surface area contributed by atoms with Crippen LogP contribution in [0.3, 0.4) is 0 Å². The van der Waals surface area contributed by atoms with E-state index in [0.717, 1.165) is 19.3 Å². The number of rotatable bonds is 5. The molecular weight excluding hydrogens is 764 g/mol. The molecule has 7 aliphatic rings. The Morgan fingerprint density at radius 2 is 1.58 bits per heavy atom. The highest BCUT2D eigenvalue weighted by molar-refractivity contribution is 5.92. The number of aromatic hydroxyl groups is 1. The molecule has 320 valence electrons. The number of fused-ring (bicyclic) bond motifs is 12. The molecule has 0 amide bonds. The normalized spacial score (nSPS) is 44.6. The lowest BCUT2D eigenvalue weighted by Crippen LogP contribution is -2.79. The maximum Gasteiger partial charge on any atom is 0.342 e. The summed E-state index contributed by atoms with van der Waals surface area (Å²) in [6.07, 6.45) is -1.16. The third-order valence-corrected chi connectivity index (χ3v) is 14.4. The van der Waals surface area contributed by atoms with Crippen LogP contribution in [0.4, 0.5) is 0 Å². The van der Waals surface area contributed by atoms with Gasteiger partial charge in [0.05, 0.1) is 18.6 Å². The minimum absolute atomic E-state index is 0.0282. The largest absolute Gasteiger partial charge is 0.507 e. The summed E-state index contributed by atoms with van der Waals surface area (Å²) in [5.74, 6) is -7.73. The zero-order valence-corrected chi connectivity index (χ0v) is 33.7. The Morgan fingerprint density at radius 1 is 0.898 bits per heavy atom. The molecule has 59 heavy (non-hydrogen) atoms. The Labute approximate surface area is 343 Å². The molecule has 2 aromatic rings. The number of hydrogen-bond donors (Lipinski definition) is 7. The van der Waals surface area contributed by atoms with Gasteiger partial charge in [-0.25, -0.2) is 4.79 Å². The summed E-state index contributed by atoms with van der Waals surface area (Å²) in [5, 5.41) is 86.7. The minimum Gasteiger partial charge on any atom is -0.507 e. The van der Waals surface area contributed by atoms with Crippen LogP contribution in [0.1, 0.15) is 88.1 Å². The molecule has 14 nitrogen and oxygen atoms in total. The van der Waals surface area contributed by atoms with Gasteiger partial charge in [0.25, 0.3) is 0 Å². The summed E-state index contributed by atoms with van der Waals surface area (Å²) in [5.41, 5.74) is -11.1. The molecule has 2 aromatic carbocycles. The van der Waals surface area contributed by atoms with E-state index in [-0.39, 0.29) is 40.4 Å². The second-order valence-electron chi connectivity index (χ2n) is 18.1. The second kappa shape index (κ2) is 14.7. The van der Waals surface area contributed by atoms with Crippen molar-refractivity contribution in [1.82, 2.24) is 0 Å². The first-order chi connectivity index (χ1) is 27.9. The molecule has 6 fully saturated rings. The Bertz CT molecular complexity index is 2010. The fourth-order valence-electron chi connectivity index (χ4n) is 11.1.